The minimum atomic E-state index is -0.686. The minimum absolute atomic E-state index is 0.0954. The Bertz CT molecular complexity index is 905. The van der Waals surface area contributed by atoms with Gasteiger partial charge in [0.15, 0.2) is 0 Å². The summed E-state index contributed by atoms with van der Waals surface area (Å²) in [7, 11) is 1.54. The zero-order valence-corrected chi connectivity index (χ0v) is 16.7. The van der Waals surface area contributed by atoms with Gasteiger partial charge in [0, 0.05) is 23.7 Å². The van der Waals surface area contributed by atoms with E-state index in [0.717, 1.165) is 15.6 Å². The number of halogens is 1. The second-order valence-corrected chi connectivity index (χ2v) is 7.32. The molecule has 1 amide bonds. The molecule has 6 heteroatoms. The molecule has 3 rings (SSSR count). The van der Waals surface area contributed by atoms with Crippen LogP contribution in [0, 0.1) is 6.92 Å². The highest BCUT2D eigenvalue weighted by Gasteiger charge is 2.45. The third-order valence-corrected chi connectivity index (χ3v) is 5.06. The summed E-state index contributed by atoms with van der Waals surface area (Å²) in [6.45, 7) is 2.49. The summed E-state index contributed by atoms with van der Waals surface area (Å²) in [5.41, 5.74) is 2.38. The summed E-state index contributed by atoms with van der Waals surface area (Å²) in [6, 6.07) is 13.9. The Morgan fingerprint density at radius 2 is 1.89 bits per heavy atom. The van der Waals surface area contributed by atoms with Crippen LogP contribution in [0.25, 0.3) is 5.76 Å². The van der Waals surface area contributed by atoms with Crippen molar-refractivity contribution in [3.63, 3.8) is 0 Å². The lowest BCUT2D eigenvalue weighted by Crippen LogP contribution is -2.32. The van der Waals surface area contributed by atoms with Crippen LogP contribution in [0.4, 0.5) is 0 Å². The molecular weight excluding hydrogens is 410 g/mol. The van der Waals surface area contributed by atoms with Gasteiger partial charge in [-0.3, -0.25) is 9.59 Å². The number of likely N-dealkylation sites (tertiary alicyclic amines) is 1. The number of hydrogen-bond acceptors (Lipinski definition) is 4. The van der Waals surface area contributed by atoms with E-state index in [2.05, 4.69) is 15.9 Å². The molecule has 1 N–H and O–H groups in total. The second-order valence-electron chi connectivity index (χ2n) is 6.41. The standard InChI is InChI=1S/C21H20BrNO4/c1-13-6-8-14(9-7-13)19(24)17-18(15-4-3-5-16(22)12-15)23(10-11-27-2)21(26)20(17)25/h3-9,12,18,24H,10-11H2,1-2H3/t18-/m1/s1. The number of ether oxygens (including phenoxy) is 1. The summed E-state index contributed by atoms with van der Waals surface area (Å²) in [6.07, 6.45) is 0. The van der Waals surface area contributed by atoms with Gasteiger partial charge >= 0.3 is 0 Å². The smallest absolute Gasteiger partial charge is 0.295 e. The maximum atomic E-state index is 12.8. The number of aliphatic hydroxyl groups is 1. The van der Waals surface area contributed by atoms with Gasteiger partial charge in [0.1, 0.15) is 5.76 Å². The molecule has 0 saturated carbocycles. The summed E-state index contributed by atoms with van der Waals surface area (Å²) >= 11 is 3.43. The van der Waals surface area contributed by atoms with E-state index in [1.165, 1.54) is 12.0 Å². The Hall–Kier alpha value is -2.44. The van der Waals surface area contributed by atoms with Crippen LogP contribution in [0.5, 0.6) is 0 Å². The molecule has 0 aliphatic carbocycles. The van der Waals surface area contributed by atoms with Crippen LogP contribution in [0.2, 0.25) is 0 Å². The molecule has 1 saturated heterocycles. The fourth-order valence-corrected chi connectivity index (χ4v) is 3.61. The number of hydrogen-bond donors (Lipinski definition) is 1. The van der Waals surface area contributed by atoms with Crippen molar-refractivity contribution in [1.29, 1.82) is 0 Å². The van der Waals surface area contributed by atoms with Gasteiger partial charge in [-0.05, 0) is 24.6 Å². The van der Waals surface area contributed by atoms with Crippen molar-refractivity contribution in [2.24, 2.45) is 0 Å². The molecule has 1 aliphatic heterocycles. The van der Waals surface area contributed by atoms with Gasteiger partial charge in [-0.25, -0.2) is 0 Å². The number of carbonyl (C=O) groups excluding carboxylic acids is 2. The van der Waals surface area contributed by atoms with Crippen LogP contribution in [-0.4, -0.2) is 42.0 Å². The first-order chi connectivity index (χ1) is 12.9. The van der Waals surface area contributed by atoms with E-state index in [1.54, 1.807) is 12.1 Å². The first kappa shape index (κ1) is 19.3. The van der Waals surface area contributed by atoms with Gasteiger partial charge in [0.2, 0.25) is 0 Å². The number of carbonyl (C=O) groups is 2. The molecule has 140 valence electrons. The molecule has 5 nitrogen and oxygen atoms in total. The predicted molar refractivity (Wildman–Crippen MR) is 106 cm³/mol. The Morgan fingerprint density at radius 1 is 1.19 bits per heavy atom. The number of methoxy groups -OCH3 is 1. The summed E-state index contributed by atoms with van der Waals surface area (Å²) in [4.78, 5) is 26.9. The normalized spacial score (nSPS) is 18.9. The average molecular weight is 430 g/mol. The minimum Gasteiger partial charge on any atom is -0.507 e. The van der Waals surface area contributed by atoms with Gasteiger partial charge in [-0.1, -0.05) is 57.9 Å². The number of Topliss-reactive ketones (excluding diaryl/α,β-unsaturated/α-hetero) is 1. The molecule has 2 aromatic carbocycles. The predicted octanol–water partition coefficient (Wildman–Crippen LogP) is 3.83. The third kappa shape index (κ3) is 3.82. The van der Waals surface area contributed by atoms with E-state index in [4.69, 9.17) is 4.74 Å². The average Bonchev–Trinajstić information content (AvgIpc) is 2.91. The Balaban J connectivity index is 2.16. The lowest BCUT2D eigenvalue weighted by molar-refractivity contribution is -0.140. The third-order valence-electron chi connectivity index (χ3n) is 4.57. The van der Waals surface area contributed by atoms with E-state index in [1.807, 2.05) is 43.3 Å². The molecule has 1 heterocycles. The van der Waals surface area contributed by atoms with Crippen LogP contribution >= 0.6 is 15.9 Å². The maximum Gasteiger partial charge on any atom is 0.295 e. The van der Waals surface area contributed by atoms with Crippen molar-refractivity contribution in [2.75, 3.05) is 20.3 Å². The summed E-state index contributed by atoms with van der Waals surface area (Å²) in [5, 5.41) is 10.9. The Morgan fingerprint density at radius 3 is 2.52 bits per heavy atom. The molecule has 1 atom stereocenters. The van der Waals surface area contributed by atoms with E-state index < -0.39 is 17.7 Å². The number of aryl methyl sites for hydroxylation is 1. The molecule has 0 unspecified atom stereocenters. The van der Waals surface area contributed by atoms with Crippen LogP contribution < -0.4 is 0 Å². The number of benzene rings is 2. The summed E-state index contributed by atoms with van der Waals surface area (Å²) in [5.74, 6) is -1.49. The molecule has 1 aliphatic rings. The molecule has 27 heavy (non-hydrogen) atoms. The number of aliphatic hydroxyl groups excluding tert-OH is 1. The molecule has 0 bridgehead atoms. The zero-order chi connectivity index (χ0) is 19.6. The first-order valence-corrected chi connectivity index (χ1v) is 9.33. The largest absolute Gasteiger partial charge is 0.507 e. The van der Waals surface area contributed by atoms with Crippen molar-refractivity contribution in [1.82, 2.24) is 4.90 Å². The van der Waals surface area contributed by atoms with Gasteiger partial charge in [0.05, 0.1) is 18.2 Å². The molecule has 0 aromatic heterocycles. The van der Waals surface area contributed by atoms with Crippen molar-refractivity contribution >= 4 is 33.4 Å². The maximum absolute atomic E-state index is 12.8. The lowest BCUT2D eigenvalue weighted by atomic mass is 9.95. The molecular formula is C21H20BrNO4. The van der Waals surface area contributed by atoms with E-state index >= 15 is 0 Å². The van der Waals surface area contributed by atoms with Crippen LogP contribution in [-0.2, 0) is 14.3 Å². The van der Waals surface area contributed by atoms with Crippen LogP contribution in [0.1, 0.15) is 22.7 Å². The highest BCUT2D eigenvalue weighted by atomic mass is 79.9. The number of rotatable bonds is 5. The van der Waals surface area contributed by atoms with Crippen molar-refractivity contribution in [3.05, 3.63) is 75.3 Å². The van der Waals surface area contributed by atoms with E-state index in [-0.39, 0.29) is 17.9 Å². The quantitative estimate of drug-likeness (QED) is 0.445. The van der Waals surface area contributed by atoms with Crippen LogP contribution in [0.15, 0.2) is 58.6 Å². The van der Waals surface area contributed by atoms with Crippen LogP contribution in [0.3, 0.4) is 0 Å². The molecule has 1 fully saturated rings. The van der Waals surface area contributed by atoms with Gasteiger partial charge < -0.3 is 14.7 Å². The number of nitrogens with zero attached hydrogens (tertiary/aromatic N) is 1. The van der Waals surface area contributed by atoms with Gasteiger partial charge in [-0.2, -0.15) is 0 Å². The topological polar surface area (TPSA) is 66.8 Å². The fourth-order valence-electron chi connectivity index (χ4n) is 3.19. The van der Waals surface area contributed by atoms with Gasteiger partial charge in [-0.15, -0.1) is 0 Å². The number of amides is 1. The van der Waals surface area contributed by atoms with Gasteiger partial charge in [0.25, 0.3) is 11.7 Å². The second kappa shape index (κ2) is 8.06. The highest BCUT2D eigenvalue weighted by molar-refractivity contribution is 9.10. The first-order valence-electron chi connectivity index (χ1n) is 8.54. The SMILES string of the molecule is COCCN1C(=O)C(=O)C(=C(O)c2ccc(C)cc2)[C@H]1c1cccc(Br)c1. The van der Waals surface area contributed by atoms with Crippen molar-refractivity contribution in [2.45, 2.75) is 13.0 Å². The van der Waals surface area contributed by atoms with Crippen molar-refractivity contribution < 1.29 is 19.4 Å². The van der Waals surface area contributed by atoms with E-state index in [9.17, 15) is 14.7 Å². The monoisotopic (exact) mass is 429 g/mol. The van der Waals surface area contributed by atoms with E-state index in [0.29, 0.717) is 12.2 Å². The highest BCUT2D eigenvalue weighted by Crippen LogP contribution is 2.39. The molecule has 2 aromatic rings. The zero-order valence-electron chi connectivity index (χ0n) is 15.1. The Labute approximate surface area is 166 Å². The van der Waals surface area contributed by atoms with Crippen molar-refractivity contribution in [3.8, 4) is 0 Å². The Kier molecular flexibility index (Phi) is 5.77. The lowest BCUT2D eigenvalue weighted by Gasteiger charge is -2.25. The molecule has 0 spiro atoms. The fraction of sp³-hybridized carbons (Fsp3) is 0.238. The molecule has 0 radical (unpaired) electrons. The number of ketones is 1. The summed E-state index contributed by atoms with van der Waals surface area (Å²) < 4.78 is 5.92.